The summed E-state index contributed by atoms with van der Waals surface area (Å²) in [6.07, 6.45) is 0. The second-order valence-electron chi connectivity index (χ2n) is 4.06. The SMILES string of the molecule is Brc1cc(CNCc2nc3ccccc3[nH]2)cs1. The summed E-state index contributed by atoms with van der Waals surface area (Å²) in [7, 11) is 0. The Bertz CT molecular complexity index is 626. The van der Waals surface area contributed by atoms with E-state index in [-0.39, 0.29) is 0 Å². The van der Waals surface area contributed by atoms with Gasteiger partial charge < -0.3 is 10.3 Å². The van der Waals surface area contributed by atoms with E-state index >= 15 is 0 Å². The lowest BCUT2D eigenvalue weighted by atomic mass is 10.3. The molecule has 3 aromatic rings. The van der Waals surface area contributed by atoms with Crippen molar-refractivity contribution in [3.63, 3.8) is 0 Å². The molecule has 0 aliphatic heterocycles. The van der Waals surface area contributed by atoms with Gasteiger partial charge in [-0.15, -0.1) is 11.3 Å². The second-order valence-corrected chi connectivity index (χ2v) is 6.35. The molecule has 2 N–H and O–H groups in total. The van der Waals surface area contributed by atoms with E-state index in [9.17, 15) is 0 Å². The summed E-state index contributed by atoms with van der Waals surface area (Å²) >= 11 is 5.17. The minimum Gasteiger partial charge on any atom is -0.341 e. The van der Waals surface area contributed by atoms with Gasteiger partial charge in [0.25, 0.3) is 0 Å². The zero-order valence-electron chi connectivity index (χ0n) is 9.61. The number of nitrogens with zero attached hydrogens (tertiary/aromatic N) is 1. The average Bonchev–Trinajstić information content (AvgIpc) is 2.95. The van der Waals surface area contributed by atoms with Crippen LogP contribution in [0.4, 0.5) is 0 Å². The van der Waals surface area contributed by atoms with Crippen LogP contribution < -0.4 is 5.32 Å². The number of benzene rings is 1. The van der Waals surface area contributed by atoms with Gasteiger partial charge in [0.15, 0.2) is 0 Å². The van der Waals surface area contributed by atoms with Crippen molar-refractivity contribution in [3.8, 4) is 0 Å². The highest BCUT2D eigenvalue weighted by Gasteiger charge is 2.02. The van der Waals surface area contributed by atoms with E-state index in [0.717, 1.165) is 29.9 Å². The fourth-order valence-corrected chi connectivity index (χ4v) is 3.06. The molecule has 18 heavy (non-hydrogen) atoms. The molecule has 0 saturated heterocycles. The van der Waals surface area contributed by atoms with Crippen LogP contribution in [-0.2, 0) is 13.1 Å². The molecular weight excluding hydrogens is 310 g/mol. The normalized spacial score (nSPS) is 11.2. The van der Waals surface area contributed by atoms with E-state index in [1.807, 2.05) is 24.3 Å². The van der Waals surface area contributed by atoms with Crippen LogP contribution in [0.2, 0.25) is 0 Å². The molecule has 0 aliphatic carbocycles. The predicted molar refractivity (Wildman–Crippen MR) is 78.7 cm³/mol. The highest BCUT2D eigenvalue weighted by atomic mass is 79.9. The van der Waals surface area contributed by atoms with E-state index in [2.05, 4.69) is 42.7 Å². The van der Waals surface area contributed by atoms with Crippen molar-refractivity contribution < 1.29 is 0 Å². The molecule has 2 aromatic heterocycles. The number of thiophene rings is 1. The molecule has 0 atom stereocenters. The first-order valence-corrected chi connectivity index (χ1v) is 7.36. The first-order valence-electron chi connectivity index (χ1n) is 5.68. The van der Waals surface area contributed by atoms with E-state index in [1.165, 1.54) is 9.35 Å². The molecule has 3 rings (SSSR count). The Morgan fingerprint density at radius 3 is 2.94 bits per heavy atom. The average molecular weight is 322 g/mol. The quantitative estimate of drug-likeness (QED) is 0.769. The summed E-state index contributed by atoms with van der Waals surface area (Å²) in [5.74, 6) is 0.977. The summed E-state index contributed by atoms with van der Waals surface area (Å²) in [4.78, 5) is 7.83. The van der Waals surface area contributed by atoms with Crippen LogP contribution in [0.15, 0.2) is 39.5 Å². The molecular formula is C13H12BrN3S. The number of para-hydroxylation sites is 2. The van der Waals surface area contributed by atoms with Crippen molar-refractivity contribution in [2.24, 2.45) is 0 Å². The molecule has 0 saturated carbocycles. The van der Waals surface area contributed by atoms with Crippen LogP contribution in [0.5, 0.6) is 0 Å². The van der Waals surface area contributed by atoms with Crippen LogP contribution in [0.1, 0.15) is 11.4 Å². The molecule has 92 valence electrons. The molecule has 0 amide bonds. The highest BCUT2D eigenvalue weighted by molar-refractivity contribution is 9.11. The maximum atomic E-state index is 4.52. The maximum Gasteiger partial charge on any atom is 0.121 e. The number of hydrogen-bond donors (Lipinski definition) is 2. The van der Waals surface area contributed by atoms with Gasteiger partial charge >= 0.3 is 0 Å². The lowest BCUT2D eigenvalue weighted by molar-refractivity contribution is 0.671. The number of H-pyrrole nitrogens is 1. The van der Waals surface area contributed by atoms with Crippen molar-refractivity contribution in [1.82, 2.24) is 15.3 Å². The third-order valence-corrected chi connectivity index (χ3v) is 4.24. The van der Waals surface area contributed by atoms with Gasteiger partial charge in [0, 0.05) is 6.54 Å². The number of hydrogen-bond acceptors (Lipinski definition) is 3. The van der Waals surface area contributed by atoms with Gasteiger partial charge in [0.05, 0.1) is 21.4 Å². The van der Waals surface area contributed by atoms with Gasteiger partial charge in [-0.1, -0.05) is 12.1 Å². The molecule has 1 aromatic carbocycles. The number of fused-ring (bicyclic) bond motifs is 1. The fraction of sp³-hybridized carbons (Fsp3) is 0.154. The van der Waals surface area contributed by atoms with Crippen molar-refractivity contribution in [2.75, 3.05) is 0 Å². The highest BCUT2D eigenvalue weighted by Crippen LogP contribution is 2.20. The van der Waals surface area contributed by atoms with Crippen molar-refractivity contribution in [1.29, 1.82) is 0 Å². The largest absolute Gasteiger partial charge is 0.341 e. The van der Waals surface area contributed by atoms with Gasteiger partial charge in [-0.05, 0) is 45.1 Å². The maximum absolute atomic E-state index is 4.52. The Morgan fingerprint density at radius 1 is 1.28 bits per heavy atom. The third kappa shape index (κ3) is 2.63. The number of rotatable bonds is 4. The molecule has 0 bridgehead atoms. The van der Waals surface area contributed by atoms with Gasteiger partial charge in [0.1, 0.15) is 5.82 Å². The molecule has 0 radical (unpaired) electrons. The molecule has 0 spiro atoms. The fourth-order valence-electron chi connectivity index (χ4n) is 1.85. The summed E-state index contributed by atoms with van der Waals surface area (Å²) in [5, 5.41) is 5.53. The zero-order chi connectivity index (χ0) is 12.4. The summed E-state index contributed by atoms with van der Waals surface area (Å²) in [6, 6.07) is 10.2. The van der Waals surface area contributed by atoms with Gasteiger partial charge in [-0.3, -0.25) is 0 Å². The van der Waals surface area contributed by atoms with E-state index in [1.54, 1.807) is 11.3 Å². The molecule has 0 aliphatic rings. The number of aromatic nitrogens is 2. The smallest absolute Gasteiger partial charge is 0.121 e. The van der Waals surface area contributed by atoms with Gasteiger partial charge in [-0.25, -0.2) is 4.98 Å². The van der Waals surface area contributed by atoms with Crippen LogP contribution in [0, 0.1) is 0 Å². The number of halogens is 1. The summed E-state index contributed by atoms with van der Waals surface area (Å²) in [5.41, 5.74) is 3.41. The van der Waals surface area contributed by atoms with Crippen molar-refractivity contribution in [2.45, 2.75) is 13.1 Å². The molecule has 5 heteroatoms. The van der Waals surface area contributed by atoms with Crippen LogP contribution in [-0.4, -0.2) is 9.97 Å². The number of imidazole rings is 1. The monoisotopic (exact) mass is 321 g/mol. The summed E-state index contributed by atoms with van der Waals surface area (Å²) < 4.78 is 1.17. The Hall–Kier alpha value is -1.17. The minimum absolute atomic E-state index is 0.752. The van der Waals surface area contributed by atoms with Gasteiger partial charge in [-0.2, -0.15) is 0 Å². The Kier molecular flexibility index (Phi) is 3.45. The van der Waals surface area contributed by atoms with Crippen molar-refractivity contribution >= 4 is 38.3 Å². The summed E-state index contributed by atoms with van der Waals surface area (Å²) in [6.45, 7) is 1.61. The standard InChI is InChI=1S/C13H12BrN3S/c14-12-5-9(8-18-12)6-15-7-13-16-10-3-1-2-4-11(10)17-13/h1-5,8,15H,6-7H2,(H,16,17). The Morgan fingerprint density at radius 2 is 2.17 bits per heavy atom. The lowest BCUT2D eigenvalue weighted by Gasteiger charge is -1.99. The van der Waals surface area contributed by atoms with Gasteiger partial charge in [0.2, 0.25) is 0 Å². The van der Waals surface area contributed by atoms with Crippen LogP contribution in [0.25, 0.3) is 11.0 Å². The minimum atomic E-state index is 0.752. The number of nitrogens with one attached hydrogen (secondary N) is 2. The third-order valence-electron chi connectivity index (χ3n) is 2.68. The predicted octanol–water partition coefficient (Wildman–Crippen LogP) is 3.68. The lowest BCUT2D eigenvalue weighted by Crippen LogP contribution is -2.13. The second kappa shape index (κ2) is 5.22. The zero-order valence-corrected chi connectivity index (χ0v) is 12.0. The first kappa shape index (κ1) is 11.9. The molecule has 0 unspecified atom stereocenters. The number of aromatic amines is 1. The molecule has 0 fully saturated rings. The Balaban J connectivity index is 1.62. The van der Waals surface area contributed by atoms with Crippen LogP contribution >= 0.6 is 27.3 Å². The van der Waals surface area contributed by atoms with Crippen LogP contribution in [0.3, 0.4) is 0 Å². The topological polar surface area (TPSA) is 40.7 Å². The van der Waals surface area contributed by atoms with E-state index in [0.29, 0.717) is 0 Å². The first-order chi connectivity index (χ1) is 8.81. The van der Waals surface area contributed by atoms with E-state index in [4.69, 9.17) is 0 Å². The van der Waals surface area contributed by atoms with E-state index < -0.39 is 0 Å². The molecule has 3 nitrogen and oxygen atoms in total. The van der Waals surface area contributed by atoms with Crippen molar-refractivity contribution in [3.05, 3.63) is 50.9 Å². The molecule has 2 heterocycles. The Labute approximate surface area is 117 Å².